The first-order valence-corrected chi connectivity index (χ1v) is 11.6. The lowest BCUT2D eigenvalue weighted by atomic mass is 10.00. The van der Waals surface area contributed by atoms with Gasteiger partial charge in [-0.3, -0.25) is 0 Å². The van der Waals surface area contributed by atoms with Gasteiger partial charge in [-0.15, -0.1) is 10.2 Å². The topological polar surface area (TPSA) is 30.7 Å². The Kier molecular flexibility index (Phi) is 4.20. The Morgan fingerprint density at radius 2 is 1.26 bits per heavy atom. The summed E-state index contributed by atoms with van der Waals surface area (Å²) in [6.45, 7) is 0. The Balaban J connectivity index is 1.55. The Morgan fingerprint density at radius 3 is 2.12 bits per heavy atom. The van der Waals surface area contributed by atoms with Crippen molar-refractivity contribution in [1.82, 2.24) is 14.8 Å². The van der Waals surface area contributed by atoms with Crippen LogP contribution in [-0.4, -0.2) is 14.8 Å². The summed E-state index contributed by atoms with van der Waals surface area (Å²) in [5, 5.41) is 15.9. The number of nitrogens with zero attached hydrogens (tertiary/aromatic N) is 3. The van der Waals surface area contributed by atoms with E-state index in [9.17, 15) is 0 Å². The summed E-state index contributed by atoms with van der Waals surface area (Å²) in [4.78, 5) is 0. The normalized spacial score (nSPS) is 11.7. The summed E-state index contributed by atoms with van der Waals surface area (Å²) in [7, 11) is 0. The van der Waals surface area contributed by atoms with Crippen LogP contribution in [0.5, 0.6) is 0 Å². The number of para-hydroxylation sites is 2. The van der Waals surface area contributed by atoms with Crippen LogP contribution in [-0.2, 0) is 0 Å². The molecule has 160 valence electrons. The molecule has 0 aliphatic heterocycles. The molecule has 5 aromatic carbocycles. The van der Waals surface area contributed by atoms with Crippen LogP contribution in [0.25, 0.3) is 60.3 Å². The Labute approximate surface area is 200 Å². The van der Waals surface area contributed by atoms with Gasteiger partial charge in [0.15, 0.2) is 5.15 Å². The zero-order valence-corrected chi connectivity index (χ0v) is 18.9. The summed E-state index contributed by atoms with van der Waals surface area (Å²) >= 11 is 6.31. The van der Waals surface area contributed by atoms with Crippen molar-refractivity contribution in [1.29, 1.82) is 0 Å². The minimum Gasteiger partial charge on any atom is -0.309 e. The third kappa shape index (κ3) is 2.77. The van der Waals surface area contributed by atoms with Crippen molar-refractivity contribution in [2.75, 3.05) is 0 Å². The van der Waals surface area contributed by atoms with Crippen molar-refractivity contribution in [3.8, 4) is 16.9 Å². The zero-order chi connectivity index (χ0) is 22.6. The maximum absolute atomic E-state index is 6.31. The van der Waals surface area contributed by atoms with Crippen molar-refractivity contribution in [3.05, 3.63) is 114 Å². The monoisotopic (exact) mass is 455 g/mol. The third-order valence-electron chi connectivity index (χ3n) is 6.58. The van der Waals surface area contributed by atoms with E-state index in [2.05, 4.69) is 99.7 Å². The molecule has 0 unspecified atom stereocenters. The molecule has 0 saturated carbocycles. The molecule has 2 aromatic heterocycles. The maximum Gasteiger partial charge on any atom is 0.159 e. The first-order chi connectivity index (χ1) is 16.8. The fraction of sp³-hybridized carbons (Fsp3) is 0. The van der Waals surface area contributed by atoms with E-state index in [4.69, 9.17) is 11.6 Å². The maximum atomic E-state index is 6.31. The molecule has 0 amide bonds. The van der Waals surface area contributed by atoms with Crippen molar-refractivity contribution in [2.24, 2.45) is 0 Å². The summed E-state index contributed by atoms with van der Waals surface area (Å²) in [6, 6.07) is 38.1. The van der Waals surface area contributed by atoms with Gasteiger partial charge in [-0.1, -0.05) is 96.5 Å². The molecule has 0 atom stereocenters. The molecular formula is C30H18ClN3. The number of hydrogen-bond acceptors (Lipinski definition) is 2. The molecule has 3 nitrogen and oxygen atoms in total. The molecule has 0 bridgehead atoms. The van der Waals surface area contributed by atoms with Gasteiger partial charge >= 0.3 is 0 Å². The number of aromatic nitrogens is 3. The fourth-order valence-electron chi connectivity index (χ4n) is 5.07. The van der Waals surface area contributed by atoms with Crippen molar-refractivity contribution < 1.29 is 0 Å². The molecule has 2 heterocycles. The highest BCUT2D eigenvalue weighted by molar-refractivity contribution is 6.34. The molecule has 7 rings (SSSR count). The van der Waals surface area contributed by atoms with Gasteiger partial charge < -0.3 is 4.57 Å². The predicted molar refractivity (Wildman–Crippen MR) is 142 cm³/mol. The molecular weight excluding hydrogens is 438 g/mol. The van der Waals surface area contributed by atoms with Gasteiger partial charge in [0.05, 0.1) is 11.0 Å². The second kappa shape index (κ2) is 7.41. The average molecular weight is 456 g/mol. The fourth-order valence-corrected chi connectivity index (χ4v) is 5.27. The first kappa shape index (κ1) is 19.3. The highest BCUT2D eigenvalue weighted by atomic mass is 35.5. The van der Waals surface area contributed by atoms with Gasteiger partial charge in [0.1, 0.15) is 5.69 Å². The van der Waals surface area contributed by atoms with Gasteiger partial charge in [-0.2, -0.15) is 0 Å². The summed E-state index contributed by atoms with van der Waals surface area (Å²) in [6.07, 6.45) is 0. The van der Waals surface area contributed by atoms with Crippen molar-refractivity contribution in [3.63, 3.8) is 0 Å². The van der Waals surface area contributed by atoms with Gasteiger partial charge in [0.25, 0.3) is 0 Å². The number of hydrogen-bond donors (Lipinski definition) is 0. The lowest BCUT2D eigenvalue weighted by molar-refractivity contribution is 1.06. The zero-order valence-electron chi connectivity index (χ0n) is 18.1. The number of benzene rings is 5. The Hall–Kier alpha value is -4.21. The van der Waals surface area contributed by atoms with Crippen LogP contribution in [0.3, 0.4) is 0 Å². The van der Waals surface area contributed by atoms with Crippen LogP contribution in [0.15, 0.2) is 109 Å². The van der Waals surface area contributed by atoms with Crippen molar-refractivity contribution >= 4 is 55.0 Å². The van der Waals surface area contributed by atoms with E-state index in [1.54, 1.807) is 0 Å². The molecule has 4 heteroatoms. The van der Waals surface area contributed by atoms with Gasteiger partial charge in [0.2, 0.25) is 0 Å². The molecule has 0 saturated heterocycles. The lowest BCUT2D eigenvalue weighted by Gasteiger charge is -2.11. The van der Waals surface area contributed by atoms with Crippen molar-refractivity contribution in [2.45, 2.75) is 0 Å². The van der Waals surface area contributed by atoms with Gasteiger partial charge in [-0.05, 0) is 29.7 Å². The molecule has 7 aromatic rings. The summed E-state index contributed by atoms with van der Waals surface area (Å²) in [5.41, 5.74) is 5.43. The highest BCUT2D eigenvalue weighted by Gasteiger charge is 2.16. The molecule has 0 spiro atoms. The van der Waals surface area contributed by atoms with E-state index in [0.717, 1.165) is 33.1 Å². The van der Waals surface area contributed by atoms with Crippen LogP contribution >= 0.6 is 11.6 Å². The highest BCUT2D eigenvalue weighted by Crippen LogP contribution is 2.38. The first-order valence-electron chi connectivity index (χ1n) is 11.2. The second-order valence-corrected chi connectivity index (χ2v) is 8.83. The summed E-state index contributed by atoms with van der Waals surface area (Å²) < 4.78 is 2.37. The smallest absolute Gasteiger partial charge is 0.159 e. The minimum absolute atomic E-state index is 0.425. The van der Waals surface area contributed by atoms with E-state index in [0.29, 0.717) is 5.15 Å². The van der Waals surface area contributed by atoms with E-state index < -0.39 is 0 Å². The van der Waals surface area contributed by atoms with Crippen LogP contribution in [0.2, 0.25) is 5.15 Å². The lowest BCUT2D eigenvalue weighted by Crippen LogP contribution is -1.94. The quantitative estimate of drug-likeness (QED) is 0.263. The van der Waals surface area contributed by atoms with E-state index in [1.807, 2.05) is 24.3 Å². The Bertz CT molecular complexity index is 1870. The molecule has 0 radical (unpaired) electrons. The number of halogens is 1. The molecule has 0 aliphatic rings. The van der Waals surface area contributed by atoms with E-state index in [-0.39, 0.29) is 0 Å². The molecule has 0 fully saturated rings. The third-order valence-corrected chi connectivity index (χ3v) is 6.86. The Morgan fingerprint density at radius 1 is 0.559 bits per heavy atom. The van der Waals surface area contributed by atoms with E-state index >= 15 is 0 Å². The average Bonchev–Trinajstić information content (AvgIpc) is 3.24. The standard InChI is InChI=1S/C30H18ClN3/c31-30-26-12-5-4-11-24(26)28(32-33-30)20-15-16-22-19(18-20)14-17-25-23-10-6-7-13-27(23)34(29(22)25)21-8-2-1-3-9-21/h1-18H. The van der Waals surface area contributed by atoms with Crippen LogP contribution < -0.4 is 0 Å². The van der Waals surface area contributed by atoms with Gasteiger partial charge in [0, 0.05) is 38.2 Å². The minimum atomic E-state index is 0.425. The number of fused-ring (bicyclic) bond motifs is 6. The number of rotatable bonds is 2. The van der Waals surface area contributed by atoms with Crippen LogP contribution in [0, 0.1) is 0 Å². The molecule has 0 N–H and O–H groups in total. The van der Waals surface area contributed by atoms with E-state index in [1.165, 1.54) is 27.2 Å². The predicted octanol–water partition coefficient (Wildman–Crippen LogP) is 8.20. The SMILES string of the molecule is Clc1nnc(-c2ccc3c(ccc4c5ccccc5n(-c5ccccc5)c34)c2)c2ccccc12. The van der Waals surface area contributed by atoms with Gasteiger partial charge in [-0.25, -0.2) is 0 Å². The van der Waals surface area contributed by atoms with Crippen LogP contribution in [0.1, 0.15) is 0 Å². The molecule has 0 aliphatic carbocycles. The summed E-state index contributed by atoms with van der Waals surface area (Å²) in [5.74, 6) is 0. The second-order valence-electron chi connectivity index (χ2n) is 8.47. The molecule has 34 heavy (non-hydrogen) atoms. The largest absolute Gasteiger partial charge is 0.309 e. The van der Waals surface area contributed by atoms with Crippen LogP contribution in [0.4, 0.5) is 0 Å².